The molecule has 0 aliphatic rings. The first-order valence-corrected chi connectivity index (χ1v) is 3.59. The average Bonchev–Trinajstić information content (AvgIpc) is 1.83. The third-order valence-corrected chi connectivity index (χ3v) is 1.89. The van der Waals surface area contributed by atoms with Gasteiger partial charge in [0, 0.05) is 4.90 Å². The van der Waals surface area contributed by atoms with Crippen molar-refractivity contribution in [2.24, 2.45) is 0 Å². The lowest BCUT2D eigenvalue weighted by Crippen LogP contribution is -1.76. The molecule has 0 amide bonds. The summed E-state index contributed by atoms with van der Waals surface area (Å²) >= 11 is 6.88. The quantitative estimate of drug-likeness (QED) is 0.621. The van der Waals surface area contributed by atoms with Crippen LogP contribution in [0.15, 0.2) is 27.6 Å². The zero-order valence-electron chi connectivity index (χ0n) is 4.44. The lowest BCUT2D eigenvalue weighted by molar-refractivity contribution is 0.596. The molecular weight excluding hydrogens is 203 g/mol. The first-order chi connectivity index (χ1) is 4.22. The molecule has 0 bridgehead atoms. The second kappa shape index (κ2) is 2.71. The molecule has 0 radical (unpaired) electrons. The minimum absolute atomic E-state index is 0.305. The van der Waals surface area contributed by atoms with Crippen molar-refractivity contribution >= 4 is 28.6 Å². The van der Waals surface area contributed by atoms with E-state index in [1.807, 2.05) is 0 Å². The van der Waals surface area contributed by atoms with Gasteiger partial charge >= 0.3 is 0 Å². The van der Waals surface area contributed by atoms with Crippen molar-refractivity contribution in [3.63, 3.8) is 0 Å². The van der Waals surface area contributed by atoms with Crippen molar-refractivity contribution in [1.82, 2.24) is 0 Å². The van der Waals surface area contributed by atoms with Crippen molar-refractivity contribution in [2.75, 3.05) is 0 Å². The second-order valence-electron chi connectivity index (χ2n) is 1.57. The largest absolute Gasteiger partial charge is 0.205 e. The van der Waals surface area contributed by atoms with Crippen LogP contribution in [0.4, 0.5) is 4.39 Å². The second-order valence-corrected chi connectivity index (χ2v) is 2.91. The number of hydrogen-bond acceptors (Lipinski definition) is 1. The summed E-state index contributed by atoms with van der Waals surface area (Å²) in [6.45, 7) is 0. The Labute approximate surface area is 66.6 Å². The highest BCUT2D eigenvalue weighted by Gasteiger charge is 1.99. The number of hydrogen-bond donors (Lipinski definition) is 1. The van der Waals surface area contributed by atoms with Crippen LogP contribution in [-0.2, 0) is 0 Å². The molecule has 48 valence electrons. The summed E-state index contributed by atoms with van der Waals surface area (Å²) in [5.74, 6) is -0.305. The summed E-state index contributed by atoms with van der Waals surface area (Å²) in [7, 11) is 0. The normalized spacial score (nSPS) is 9.67. The zero-order valence-corrected chi connectivity index (χ0v) is 6.92. The monoisotopic (exact) mass is 206 g/mol. The fraction of sp³-hybridized carbons (Fsp3) is 0. The van der Waals surface area contributed by atoms with Gasteiger partial charge in [0.15, 0.2) is 5.82 Å². The van der Waals surface area contributed by atoms with Crippen molar-refractivity contribution in [2.45, 2.75) is 4.90 Å². The molecule has 0 fully saturated rings. The first kappa shape index (κ1) is 7.09. The summed E-state index contributed by atoms with van der Waals surface area (Å²) in [5.41, 5.74) is 0. The van der Waals surface area contributed by atoms with Gasteiger partial charge in [0.05, 0.1) is 4.47 Å². The standard InChI is InChI=1S/C6H4BrFS/c7-4-2-1-3-5(9)6(4)8/h1-3,9H. The third-order valence-electron chi connectivity index (χ3n) is 0.931. The molecule has 1 rings (SSSR count). The molecule has 0 saturated carbocycles. The highest BCUT2D eigenvalue weighted by molar-refractivity contribution is 9.10. The van der Waals surface area contributed by atoms with Crippen LogP contribution >= 0.6 is 28.6 Å². The van der Waals surface area contributed by atoms with Crippen LogP contribution in [0.25, 0.3) is 0 Å². The van der Waals surface area contributed by atoms with Crippen LogP contribution < -0.4 is 0 Å². The van der Waals surface area contributed by atoms with Gasteiger partial charge in [0.2, 0.25) is 0 Å². The van der Waals surface area contributed by atoms with Crippen LogP contribution in [-0.4, -0.2) is 0 Å². The summed E-state index contributed by atoms with van der Waals surface area (Å²) in [6.07, 6.45) is 0. The maximum atomic E-state index is 12.6. The van der Waals surface area contributed by atoms with E-state index in [2.05, 4.69) is 28.6 Å². The molecule has 0 N–H and O–H groups in total. The van der Waals surface area contributed by atoms with Gasteiger partial charge in [-0.15, -0.1) is 12.6 Å². The highest BCUT2D eigenvalue weighted by Crippen LogP contribution is 2.20. The molecule has 3 heteroatoms. The smallest absolute Gasteiger partial charge is 0.150 e. The molecule has 0 aliphatic heterocycles. The van der Waals surface area contributed by atoms with Crippen molar-refractivity contribution in [3.05, 3.63) is 28.5 Å². The molecule has 1 aromatic carbocycles. The summed E-state index contributed by atoms with van der Waals surface area (Å²) in [6, 6.07) is 4.97. The van der Waals surface area contributed by atoms with Crippen LogP contribution in [0.3, 0.4) is 0 Å². The summed E-state index contributed by atoms with van der Waals surface area (Å²) < 4.78 is 13.1. The van der Waals surface area contributed by atoms with Crippen LogP contribution in [0.5, 0.6) is 0 Å². The zero-order chi connectivity index (χ0) is 6.85. The molecule has 0 heterocycles. The van der Waals surface area contributed by atoms with E-state index in [-0.39, 0.29) is 5.82 Å². The first-order valence-electron chi connectivity index (χ1n) is 2.35. The molecule has 1 aromatic rings. The Kier molecular flexibility index (Phi) is 2.13. The van der Waals surface area contributed by atoms with Gasteiger partial charge in [0.25, 0.3) is 0 Å². The van der Waals surface area contributed by atoms with Gasteiger partial charge in [-0.3, -0.25) is 0 Å². The Hall–Kier alpha value is -0.0200. The fourth-order valence-electron chi connectivity index (χ4n) is 0.492. The minimum atomic E-state index is -0.305. The molecule has 0 atom stereocenters. The number of halogens is 2. The maximum Gasteiger partial charge on any atom is 0.150 e. The van der Waals surface area contributed by atoms with E-state index in [0.717, 1.165) is 0 Å². The number of rotatable bonds is 0. The molecular formula is C6H4BrFS. The van der Waals surface area contributed by atoms with Crippen LogP contribution in [0, 0.1) is 5.82 Å². The molecule has 0 aromatic heterocycles. The molecule has 0 nitrogen and oxygen atoms in total. The van der Waals surface area contributed by atoms with Gasteiger partial charge in [0.1, 0.15) is 0 Å². The van der Waals surface area contributed by atoms with E-state index >= 15 is 0 Å². The van der Waals surface area contributed by atoms with Gasteiger partial charge in [-0.2, -0.15) is 0 Å². The van der Waals surface area contributed by atoms with Gasteiger partial charge in [-0.1, -0.05) is 6.07 Å². The fourth-order valence-corrected chi connectivity index (χ4v) is 1.22. The Bertz CT molecular complexity index is 204. The van der Waals surface area contributed by atoms with Gasteiger partial charge in [-0.25, -0.2) is 4.39 Å². The molecule has 0 saturated heterocycles. The van der Waals surface area contributed by atoms with E-state index in [0.29, 0.717) is 9.37 Å². The lowest BCUT2D eigenvalue weighted by Gasteiger charge is -1.94. The van der Waals surface area contributed by atoms with Crippen molar-refractivity contribution in [3.8, 4) is 0 Å². The predicted molar refractivity (Wildman–Crippen MR) is 41.4 cm³/mol. The Morgan fingerprint density at radius 1 is 1.44 bits per heavy atom. The maximum absolute atomic E-state index is 12.6. The topological polar surface area (TPSA) is 0 Å². The van der Waals surface area contributed by atoms with E-state index in [1.54, 1.807) is 18.2 Å². The predicted octanol–water partition coefficient (Wildman–Crippen LogP) is 2.88. The van der Waals surface area contributed by atoms with Crippen molar-refractivity contribution in [1.29, 1.82) is 0 Å². The Morgan fingerprint density at radius 2 is 2.11 bits per heavy atom. The number of benzene rings is 1. The Morgan fingerprint density at radius 3 is 2.56 bits per heavy atom. The SMILES string of the molecule is Fc1c(S)cccc1Br. The molecule has 0 aliphatic carbocycles. The number of thiol groups is 1. The average molecular weight is 207 g/mol. The molecule has 0 unspecified atom stereocenters. The Balaban J connectivity index is 3.25. The summed E-state index contributed by atoms with van der Waals surface area (Å²) in [4.78, 5) is 0.365. The van der Waals surface area contributed by atoms with E-state index in [4.69, 9.17) is 0 Å². The van der Waals surface area contributed by atoms with E-state index in [9.17, 15) is 4.39 Å². The van der Waals surface area contributed by atoms with Gasteiger partial charge in [-0.05, 0) is 28.1 Å². The molecule has 9 heavy (non-hydrogen) atoms. The van der Waals surface area contributed by atoms with Crippen LogP contribution in [0.2, 0.25) is 0 Å². The van der Waals surface area contributed by atoms with Gasteiger partial charge < -0.3 is 0 Å². The highest BCUT2D eigenvalue weighted by atomic mass is 79.9. The lowest BCUT2D eigenvalue weighted by atomic mass is 10.3. The molecule has 0 spiro atoms. The van der Waals surface area contributed by atoms with Crippen LogP contribution in [0.1, 0.15) is 0 Å². The van der Waals surface area contributed by atoms with E-state index < -0.39 is 0 Å². The van der Waals surface area contributed by atoms with E-state index in [1.165, 1.54) is 0 Å². The minimum Gasteiger partial charge on any atom is -0.205 e. The third kappa shape index (κ3) is 1.46. The van der Waals surface area contributed by atoms with Crippen molar-refractivity contribution < 1.29 is 4.39 Å². The summed E-state index contributed by atoms with van der Waals surface area (Å²) in [5, 5.41) is 0.